The van der Waals surface area contributed by atoms with Gasteiger partial charge in [-0.05, 0) is 23.8 Å². The molecule has 2 atom stereocenters. The van der Waals surface area contributed by atoms with E-state index >= 15 is 0 Å². The lowest BCUT2D eigenvalue weighted by molar-refractivity contribution is -0.712. The molecule has 0 saturated heterocycles. The second kappa shape index (κ2) is 6.96. The number of H-pyrrole nitrogens is 1. The minimum Gasteiger partial charge on any atom is -0.497 e. The minimum atomic E-state index is -0.307. The summed E-state index contributed by atoms with van der Waals surface area (Å²) in [5.74, 6) is 1.24. The maximum atomic E-state index is 12.4. The highest BCUT2D eigenvalue weighted by molar-refractivity contribution is 5.86. The monoisotopic (exact) mass is 367 g/mol. The first-order chi connectivity index (χ1) is 13.2. The number of benzene rings is 2. The van der Waals surface area contributed by atoms with E-state index in [0.717, 1.165) is 39.2 Å². The summed E-state index contributed by atoms with van der Waals surface area (Å²) >= 11 is 0. The van der Waals surface area contributed by atoms with Crippen LogP contribution in [-0.4, -0.2) is 38.3 Å². The van der Waals surface area contributed by atoms with Crippen LogP contribution in [0.15, 0.2) is 42.5 Å². The molecule has 6 heteroatoms. The van der Waals surface area contributed by atoms with Crippen molar-refractivity contribution in [2.45, 2.75) is 18.5 Å². The number of carbonyl (C=O) groups excluding carboxylic acids is 1. The molecular weight excluding hydrogens is 344 g/mol. The molecule has 1 aromatic heterocycles. The van der Waals surface area contributed by atoms with Gasteiger partial charge in [0.2, 0.25) is 0 Å². The number of fused-ring (bicyclic) bond motifs is 3. The lowest BCUT2D eigenvalue weighted by Crippen LogP contribution is -2.94. The molecule has 0 spiro atoms. The molecule has 0 bridgehead atoms. The molecule has 140 valence electrons. The third-order valence-electron chi connectivity index (χ3n) is 5.29. The Morgan fingerprint density at radius 2 is 1.93 bits per heavy atom. The van der Waals surface area contributed by atoms with E-state index in [1.807, 2.05) is 35.6 Å². The smallest absolute Gasteiger partial charge is 0.364 e. The van der Waals surface area contributed by atoms with Crippen molar-refractivity contribution in [3.63, 3.8) is 0 Å². The number of hydrogen-bond acceptors (Lipinski definition) is 4. The molecular formula is C21H23N2O4+. The fourth-order valence-electron chi connectivity index (χ4n) is 3.97. The highest BCUT2D eigenvalue weighted by Gasteiger charge is 2.39. The number of para-hydroxylation sites is 1. The molecule has 2 aromatic carbocycles. The molecule has 4 rings (SSSR count). The van der Waals surface area contributed by atoms with E-state index in [4.69, 9.17) is 14.2 Å². The van der Waals surface area contributed by atoms with Gasteiger partial charge < -0.3 is 24.5 Å². The van der Waals surface area contributed by atoms with Crippen molar-refractivity contribution < 1.29 is 24.3 Å². The summed E-state index contributed by atoms with van der Waals surface area (Å²) in [5.41, 5.74) is 4.31. The van der Waals surface area contributed by atoms with Crippen LogP contribution in [0.4, 0.5) is 0 Å². The Labute approximate surface area is 157 Å². The summed E-state index contributed by atoms with van der Waals surface area (Å²) in [6.07, 6.45) is 0.626. The van der Waals surface area contributed by atoms with Crippen molar-refractivity contribution in [2.24, 2.45) is 0 Å². The zero-order valence-electron chi connectivity index (χ0n) is 15.6. The third-order valence-corrected chi connectivity index (χ3v) is 5.29. The van der Waals surface area contributed by atoms with Gasteiger partial charge in [-0.1, -0.05) is 18.2 Å². The van der Waals surface area contributed by atoms with E-state index in [0.29, 0.717) is 6.42 Å². The maximum absolute atomic E-state index is 12.4. The summed E-state index contributed by atoms with van der Waals surface area (Å²) in [6, 6.07) is 13.5. The van der Waals surface area contributed by atoms with Gasteiger partial charge in [0, 0.05) is 23.4 Å². The zero-order chi connectivity index (χ0) is 19.0. The summed E-state index contributed by atoms with van der Waals surface area (Å²) in [6.45, 7) is 0. The van der Waals surface area contributed by atoms with E-state index in [1.165, 1.54) is 7.11 Å². The van der Waals surface area contributed by atoms with Crippen molar-refractivity contribution in [2.75, 3.05) is 21.3 Å². The molecule has 0 unspecified atom stereocenters. The molecule has 3 aromatic rings. The number of methoxy groups -OCH3 is 3. The van der Waals surface area contributed by atoms with Crippen LogP contribution in [0, 0.1) is 0 Å². The Morgan fingerprint density at radius 1 is 1.11 bits per heavy atom. The van der Waals surface area contributed by atoms with Gasteiger partial charge in [-0.25, -0.2) is 4.79 Å². The first kappa shape index (κ1) is 17.4. The predicted octanol–water partition coefficient (Wildman–Crippen LogP) is 1.94. The fraction of sp³-hybridized carbons (Fsp3) is 0.286. The molecule has 1 aliphatic rings. The first-order valence-electron chi connectivity index (χ1n) is 8.90. The van der Waals surface area contributed by atoms with Crippen LogP contribution in [0.5, 0.6) is 11.5 Å². The number of quaternary nitrogens is 1. The van der Waals surface area contributed by atoms with Gasteiger partial charge in [-0.3, -0.25) is 0 Å². The second-order valence-corrected chi connectivity index (χ2v) is 6.67. The molecule has 0 aliphatic carbocycles. The third kappa shape index (κ3) is 2.92. The van der Waals surface area contributed by atoms with Crippen LogP contribution < -0.4 is 14.8 Å². The van der Waals surface area contributed by atoms with E-state index in [1.54, 1.807) is 14.2 Å². The Morgan fingerprint density at radius 3 is 2.67 bits per heavy atom. The highest BCUT2D eigenvalue weighted by atomic mass is 16.5. The van der Waals surface area contributed by atoms with E-state index in [9.17, 15) is 4.79 Å². The number of esters is 1. The number of nitrogens with one attached hydrogen (secondary N) is 1. The van der Waals surface area contributed by atoms with Crippen LogP contribution in [0.2, 0.25) is 0 Å². The van der Waals surface area contributed by atoms with Crippen LogP contribution in [-0.2, 0) is 16.0 Å². The van der Waals surface area contributed by atoms with Gasteiger partial charge >= 0.3 is 5.97 Å². The van der Waals surface area contributed by atoms with Crippen LogP contribution >= 0.6 is 0 Å². The van der Waals surface area contributed by atoms with E-state index in [-0.39, 0.29) is 18.1 Å². The minimum absolute atomic E-state index is 0.105. The maximum Gasteiger partial charge on any atom is 0.364 e. The lowest BCUT2D eigenvalue weighted by Gasteiger charge is -2.27. The largest absolute Gasteiger partial charge is 0.497 e. The van der Waals surface area contributed by atoms with Crippen molar-refractivity contribution in [1.82, 2.24) is 4.98 Å². The molecule has 27 heavy (non-hydrogen) atoms. The normalized spacial score (nSPS) is 18.8. The average molecular weight is 367 g/mol. The molecule has 6 nitrogen and oxygen atoms in total. The highest BCUT2D eigenvalue weighted by Crippen LogP contribution is 2.36. The molecule has 0 fully saturated rings. The number of rotatable bonds is 4. The SMILES string of the molecule is COC(=O)[C@@H]1Cc2c([nH]c3ccccc23)[C@H](c2ccc(OC)cc2OC)[NH2+]1. The number of nitrogens with two attached hydrogens (primary N) is 1. The van der Waals surface area contributed by atoms with Crippen LogP contribution in [0.1, 0.15) is 22.9 Å². The number of aromatic amines is 1. The van der Waals surface area contributed by atoms with Gasteiger partial charge in [0.25, 0.3) is 0 Å². The average Bonchev–Trinajstić information content (AvgIpc) is 3.10. The van der Waals surface area contributed by atoms with Crippen molar-refractivity contribution in [3.05, 3.63) is 59.3 Å². The van der Waals surface area contributed by atoms with Gasteiger partial charge in [0.05, 0.1) is 32.6 Å². The molecule has 1 aliphatic heterocycles. The van der Waals surface area contributed by atoms with Gasteiger partial charge in [0.1, 0.15) is 11.5 Å². The van der Waals surface area contributed by atoms with Crippen LogP contribution in [0.25, 0.3) is 10.9 Å². The summed E-state index contributed by atoms with van der Waals surface area (Å²) in [5, 5.41) is 3.19. The number of hydrogen-bond donors (Lipinski definition) is 2. The predicted molar refractivity (Wildman–Crippen MR) is 101 cm³/mol. The second-order valence-electron chi connectivity index (χ2n) is 6.67. The van der Waals surface area contributed by atoms with E-state index < -0.39 is 0 Å². The number of carbonyl (C=O) groups is 1. The molecule has 0 radical (unpaired) electrons. The van der Waals surface area contributed by atoms with Crippen molar-refractivity contribution in [3.8, 4) is 11.5 Å². The number of aromatic nitrogens is 1. The Balaban J connectivity index is 1.88. The Hall–Kier alpha value is -2.99. The lowest BCUT2D eigenvalue weighted by atomic mass is 9.90. The molecule has 0 saturated carbocycles. The standard InChI is InChI=1S/C21H22N2O4/c1-25-12-8-9-14(18(10-12)26-2)19-20-15(11-17(23-19)21(24)27-3)13-6-4-5-7-16(13)22-20/h4-10,17,19,22-23H,11H2,1-3H3/p+1/t17-,19-/m0/s1. The summed E-state index contributed by atoms with van der Waals surface area (Å²) < 4.78 is 16.0. The van der Waals surface area contributed by atoms with Crippen molar-refractivity contribution in [1.29, 1.82) is 0 Å². The molecule has 2 heterocycles. The van der Waals surface area contributed by atoms with Gasteiger partial charge in [-0.2, -0.15) is 0 Å². The molecule has 0 amide bonds. The molecule has 3 N–H and O–H groups in total. The van der Waals surface area contributed by atoms with E-state index in [2.05, 4.69) is 17.1 Å². The van der Waals surface area contributed by atoms with Crippen molar-refractivity contribution >= 4 is 16.9 Å². The summed E-state index contributed by atoms with van der Waals surface area (Å²) in [4.78, 5) is 15.9. The van der Waals surface area contributed by atoms with Crippen LogP contribution in [0.3, 0.4) is 0 Å². The zero-order valence-corrected chi connectivity index (χ0v) is 15.6. The Bertz CT molecular complexity index is 995. The van der Waals surface area contributed by atoms with Gasteiger partial charge in [-0.15, -0.1) is 0 Å². The topological polar surface area (TPSA) is 77.2 Å². The fourth-order valence-corrected chi connectivity index (χ4v) is 3.97. The Kier molecular flexibility index (Phi) is 4.49. The quantitative estimate of drug-likeness (QED) is 0.691. The van der Waals surface area contributed by atoms with Gasteiger partial charge in [0.15, 0.2) is 12.1 Å². The first-order valence-corrected chi connectivity index (χ1v) is 8.90. The number of ether oxygens (including phenoxy) is 3. The summed E-state index contributed by atoms with van der Waals surface area (Å²) in [7, 11) is 4.71.